The van der Waals surface area contributed by atoms with E-state index in [4.69, 9.17) is 0 Å². The van der Waals surface area contributed by atoms with E-state index in [0.29, 0.717) is 5.95 Å². The Kier molecular flexibility index (Phi) is 3.34. The fourth-order valence-corrected chi connectivity index (χ4v) is 1.83. The Bertz CT molecular complexity index is 605. The molecule has 0 bridgehead atoms. The molecule has 18 heavy (non-hydrogen) atoms. The molecule has 94 valence electrons. The van der Waals surface area contributed by atoms with E-state index >= 15 is 0 Å². The maximum Gasteiger partial charge on any atom is 0.232 e. The summed E-state index contributed by atoms with van der Waals surface area (Å²) in [6.45, 7) is 5.54. The molecule has 1 aromatic heterocycles. The van der Waals surface area contributed by atoms with Crippen LogP contribution in [0.25, 0.3) is 10.9 Å². The second-order valence-corrected chi connectivity index (χ2v) is 5.92. The van der Waals surface area contributed by atoms with Crippen LogP contribution in [0.3, 0.4) is 0 Å². The topological polar surface area (TPSA) is 54.9 Å². The number of hydrogen-bond acceptors (Lipinski definition) is 3. The van der Waals surface area contributed by atoms with Gasteiger partial charge in [-0.25, -0.2) is 9.97 Å². The number of aromatic nitrogens is 2. The smallest absolute Gasteiger partial charge is 0.232 e. The Labute approximate surface area is 114 Å². The summed E-state index contributed by atoms with van der Waals surface area (Å²) in [5.74, 6) is 0.234. The Hall–Kier alpha value is -1.49. The maximum absolute atomic E-state index is 11.8. The second kappa shape index (κ2) is 4.65. The lowest BCUT2D eigenvalue weighted by Crippen LogP contribution is -2.28. The van der Waals surface area contributed by atoms with Crippen molar-refractivity contribution in [1.82, 2.24) is 9.97 Å². The molecule has 2 rings (SSSR count). The van der Waals surface area contributed by atoms with Crippen molar-refractivity contribution in [2.45, 2.75) is 20.8 Å². The van der Waals surface area contributed by atoms with Gasteiger partial charge in [0.15, 0.2) is 0 Å². The first kappa shape index (κ1) is 13.0. The summed E-state index contributed by atoms with van der Waals surface area (Å²) in [7, 11) is 0. The first-order valence-corrected chi connectivity index (χ1v) is 6.40. The van der Waals surface area contributed by atoms with E-state index in [1.165, 1.54) is 0 Å². The van der Waals surface area contributed by atoms with Crippen LogP contribution in [0.1, 0.15) is 20.8 Å². The summed E-state index contributed by atoms with van der Waals surface area (Å²) in [6, 6.07) is 5.71. The third kappa shape index (κ3) is 2.67. The van der Waals surface area contributed by atoms with Gasteiger partial charge in [0.05, 0.1) is 5.52 Å². The molecule has 0 aliphatic carbocycles. The number of halogens is 1. The van der Waals surface area contributed by atoms with E-state index in [-0.39, 0.29) is 5.91 Å². The van der Waals surface area contributed by atoms with Crippen LogP contribution < -0.4 is 5.32 Å². The highest BCUT2D eigenvalue weighted by atomic mass is 79.9. The number of carbonyl (C=O) groups excluding carboxylic acids is 1. The zero-order valence-corrected chi connectivity index (χ0v) is 12.1. The number of benzene rings is 1. The van der Waals surface area contributed by atoms with Gasteiger partial charge in [-0.15, -0.1) is 0 Å². The van der Waals surface area contributed by atoms with Crippen LogP contribution >= 0.6 is 15.9 Å². The van der Waals surface area contributed by atoms with Gasteiger partial charge in [0.25, 0.3) is 0 Å². The zero-order chi connectivity index (χ0) is 13.3. The monoisotopic (exact) mass is 307 g/mol. The fourth-order valence-electron chi connectivity index (χ4n) is 1.37. The largest absolute Gasteiger partial charge is 0.294 e. The Morgan fingerprint density at radius 2 is 2.06 bits per heavy atom. The van der Waals surface area contributed by atoms with E-state index in [1.807, 2.05) is 39.0 Å². The minimum Gasteiger partial charge on any atom is -0.294 e. The van der Waals surface area contributed by atoms with E-state index in [0.717, 1.165) is 15.4 Å². The highest BCUT2D eigenvalue weighted by Gasteiger charge is 2.22. The van der Waals surface area contributed by atoms with Gasteiger partial charge in [0, 0.05) is 21.5 Å². The summed E-state index contributed by atoms with van der Waals surface area (Å²) in [5.41, 5.74) is 0.332. The average Bonchev–Trinajstić information content (AvgIpc) is 2.28. The minimum absolute atomic E-state index is 0.100. The van der Waals surface area contributed by atoms with Gasteiger partial charge < -0.3 is 0 Å². The molecule has 1 amide bonds. The lowest BCUT2D eigenvalue weighted by atomic mass is 9.96. The highest BCUT2D eigenvalue weighted by molar-refractivity contribution is 9.10. The number of fused-ring (bicyclic) bond motifs is 1. The van der Waals surface area contributed by atoms with Crippen molar-refractivity contribution < 1.29 is 4.79 Å². The molecule has 0 radical (unpaired) electrons. The number of anilines is 1. The molecule has 0 fully saturated rings. The predicted octanol–water partition coefficient (Wildman–Crippen LogP) is 3.38. The number of nitrogens with one attached hydrogen (secondary N) is 1. The molecule has 0 atom stereocenters. The van der Waals surface area contributed by atoms with Crippen LogP contribution in [0.5, 0.6) is 0 Å². The first-order chi connectivity index (χ1) is 8.38. The minimum atomic E-state index is -0.463. The standard InChI is InChI=1S/C13H14BrN3O/c1-13(2,3)11(18)17-12-15-7-8-9(14)5-4-6-10(8)16-12/h4-7H,1-3H3,(H,15,16,17,18). The van der Waals surface area contributed by atoms with Crippen molar-refractivity contribution in [3.05, 3.63) is 28.9 Å². The van der Waals surface area contributed by atoms with Crippen molar-refractivity contribution in [3.63, 3.8) is 0 Å². The molecule has 0 spiro atoms. The van der Waals surface area contributed by atoms with E-state index in [2.05, 4.69) is 31.2 Å². The van der Waals surface area contributed by atoms with Crippen LogP contribution in [-0.4, -0.2) is 15.9 Å². The number of amides is 1. The van der Waals surface area contributed by atoms with Crippen molar-refractivity contribution >= 4 is 38.7 Å². The lowest BCUT2D eigenvalue weighted by molar-refractivity contribution is -0.123. The summed E-state index contributed by atoms with van der Waals surface area (Å²) in [4.78, 5) is 20.3. The number of rotatable bonds is 1. The molecule has 5 heteroatoms. The van der Waals surface area contributed by atoms with Crippen LogP contribution in [0.15, 0.2) is 28.9 Å². The molecular formula is C13H14BrN3O. The van der Waals surface area contributed by atoms with Crippen molar-refractivity contribution in [3.8, 4) is 0 Å². The molecule has 4 nitrogen and oxygen atoms in total. The normalized spacial score (nSPS) is 11.6. The molecule has 0 aliphatic rings. The molecule has 1 aromatic carbocycles. The number of carbonyl (C=O) groups is 1. The molecule has 2 aromatic rings. The van der Waals surface area contributed by atoms with Gasteiger partial charge in [0.2, 0.25) is 11.9 Å². The van der Waals surface area contributed by atoms with E-state index < -0.39 is 5.41 Å². The summed E-state index contributed by atoms with van der Waals surface area (Å²) in [6.07, 6.45) is 1.70. The molecule has 1 heterocycles. The Morgan fingerprint density at radius 1 is 1.33 bits per heavy atom. The van der Waals surface area contributed by atoms with Gasteiger partial charge in [0.1, 0.15) is 0 Å². The average molecular weight is 308 g/mol. The molecule has 0 aliphatic heterocycles. The maximum atomic E-state index is 11.8. The Balaban J connectivity index is 2.34. The number of hydrogen-bond donors (Lipinski definition) is 1. The van der Waals surface area contributed by atoms with Crippen LogP contribution in [0.2, 0.25) is 0 Å². The van der Waals surface area contributed by atoms with Crippen molar-refractivity contribution in [2.24, 2.45) is 5.41 Å². The predicted molar refractivity (Wildman–Crippen MR) is 75.3 cm³/mol. The summed E-state index contributed by atoms with van der Waals surface area (Å²) >= 11 is 3.44. The zero-order valence-electron chi connectivity index (χ0n) is 10.5. The molecule has 0 saturated heterocycles. The third-order valence-corrected chi connectivity index (χ3v) is 3.17. The van der Waals surface area contributed by atoms with Gasteiger partial charge in [-0.3, -0.25) is 10.1 Å². The van der Waals surface area contributed by atoms with Crippen molar-refractivity contribution in [2.75, 3.05) is 5.32 Å². The van der Waals surface area contributed by atoms with Gasteiger partial charge in [-0.1, -0.05) is 42.8 Å². The first-order valence-electron chi connectivity index (χ1n) is 5.60. The fraction of sp³-hybridized carbons (Fsp3) is 0.308. The summed E-state index contributed by atoms with van der Waals surface area (Å²) in [5, 5.41) is 3.64. The molecule has 0 unspecified atom stereocenters. The molecule has 1 N–H and O–H groups in total. The number of nitrogens with zero attached hydrogens (tertiary/aromatic N) is 2. The van der Waals surface area contributed by atoms with Crippen LogP contribution in [0, 0.1) is 5.41 Å². The lowest BCUT2D eigenvalue weighted by Gasteiger charge is -2.16. The highest BCUT2D eigenvalue weighted by Crippen LogP contribution is 2.23. The van der Waals surface area contributed by atoms with Gasteiger partial charge >= 0.3 is 0 Å². The molecular weight excluding hydrogens is 294 g/mol. The Morgan fingerprint density at radius 3 is 2.72 bits per heavy atom. The van der Waals surface area contributed by atoms with E-state index in [9.17, 15) is 4.79 Å². The van der Waals surface area contributed by atoms with Crippen molar-refractivity contribution in [1.29, 1.82) is 0 Å². The van der Waals surface area contributed by atoms with Gasteiger partial charge in [-0.05, 0) is 12.1 Å². The summed E-state index contributed by atoms with van der Waals surface area (Å²) < 4.78 is 0.939. The quantitative estimate of drug-likeness (QED) is 0.878. The van der Waals surface area contributed by atoms with E-state index in [1.54, 1.807) is 6.20 Å². The van der Waals surface area contributed by atoms with Crippen LogP contribution in [0.4, 0.5) is 5.95 Å². The van der Waals surface area contributed by atoms with Gasteiger partial charge in [-0.2, -0.15) is 0 Å². The third-order valence-electron chi connectivity index (χ3n) is 2.48. The van der Waals surface area contributed by atoms with Crippen LogP contribution in [-0.2, 0) is 4.79 Å². The SMILES string of the molecule is CC(C)(C)C(=O)Nc1ncc2c(Br)cccc2n1. The molecule has 0 saturated carbocycles. The second-order valence-electron chi connectivity index (χ2n) is 5.07.